The van der Waals surface area contributed by atoms with E-state index in [0.717, 1.165) is 33.8 Å². The average molecular weight is 428 g/mol. The molecule has 7 heteroatoms. The smallest absolute Gasteiger partial charge is 0.170 e. The van der Waals surface area contributed by atoms with Crippen molar-refractivity contribution in [1.29, 1.82) is 0 Å². The molecule has 0 radical (unpaired) electrons. The Kier molecular flexibility index (Phi) is 6.07. The van der Waals surface area contributed by atoms with Gasteiger partial charge in [-0.25, -0.2) is 0 Å². The van der Waals surface area contributed by atoms with Crippen LogP contribution in [0.15, 0.2) is 91.8 Å². The minimum absolute atomic E-state index is 0.315. The van der Waals surface area contributed by atoms with Crippen LogP contribution in [0.4, 0.5) is 0 Å². The van der Waals surface area contributed by atoms with Gasteiger partial charge >= 0.3 is 0 Å². The average Bonchev–Trinajstić information content (AvgIpc) is 3.50. The van der Waals surface area contributed by atoms with Crippen molar-refractivity contribution < 1.29 is 13.7 Å². The van der Waals surface area contributed by atoms with E-state index in [4.69, 9.17) is 25.1 Å². The fraction of sp³-hybridized carbons (Fsp3) is 0.120. The lowest BCUT2D eigenvalue weighted by molar-refractivity contribution is 0.213. The lowest BCUT2D eigenvalue weighted by Crippen LogP contribution is -2.13. The summed E-state index contributed by atoms with van der Waals surface area (Å²) < 4.78 is 12.0. The molecule has 0 spiro atoms. The first-order valence-corrected chi connectivity index (χ1v) is 10.2. The summed E-state index contributed by atoms with van der Waals surface area (Å²) in [6.07, 6.45) is 0. The van der Waals surface area contributed by atoms with E-state index in [1.807, 2.05) is 79.7 Å². The van der Waals surface area contributed by atoms with Crippen LogP contribution >= 0.6 is 0 Å². The van der Waals surface area contributed by atoms with E-state index in [9.17, 15) is 0 Å². The van der Waals surface area contributed by atoms with Gasteiger partial charge < -0.3 is 25.1 Å². The van der Waals surface area contributed by atoms with Gasteiger partial charge in [-0.1, -0.05) is 53.7 Å². The molecule has 2 aromatic heterocycles. The normalized spacial score (nSPS) is 12.2. The minimum Gasteiger partial charge on any atom is -0.453 e. The monoisotopic (exact) mass is 428 g/mol. The fourth-order valence-electron chi connectivity index (χ4n) is 3.27. The number of furan rings is 2. The summed E-state index contributed by atoms with van der Waals surface area (Å²) in [7, 11) is 1.46. The van der Waals surface area contributed by atoms with Gasteiger partial charge in [0.2, 0.25) is 0 Å². The van der Waals surface area contributed by atoms with Crippen LogP contribution in [-0.4, -0.2) is 25.3 Å². The molecule has 0 fully saturated rings. The third-order valence-corrected chi connectivity index (χ3v) is 4.90. The summed E-state index contributed by atoms with van der Waals surface area (Å²) in [5, 5.41) is 3.74. The first-order chi connectivity index (χ1) is 15.6. The maximum Gasteiger partial charge on any atom is 0.170 e. The van der Waals surface area contributed by atoms with Gasteiger partial charge in [0, 0.05) is 28.8 Å². The molecule has 0 aliphatic heterocycles. The third-order valence-electron chi connectivity index (χ3n) is 4.90. The molecule has 0 aliphatic rings. The van der Waals surface area contributed by atoms with Gasteiger partial charge in [-0.15, -0.1) is 0 Å². The molecule has 0 saturated heterocycles. The lowest BCUT2D eigenvalue weighted by Gasteiger charge is -2.02. The Bertz CT molecular complexity index is 1150. The van der Waals surface area contributed by atoms with Crippen molar-refractivity contribution in [1.82, 2.24) is 0 Å². The van der Waals surface area contributed by atoms with E-state index < -0.39 is 0 Å². The number of oxime groups is 1. The Morgan fingerprint density at radius 2 is 1.12 bits per heavy atom. The summed E-state index contributed by atoms with van der Waals surface area (Å²) in [6.45, 7) is 2.61. The maximum absolute atomic E-state index is 6.03. The molecule has 32 heavy (non-hydrogen) atoms. The van der Waals surface area contributed by atoms with Crippen LogP contribution in [0.3, 0.4) is 0 Å². The molecule has 0 atom stereocenters. The van der Waals surface area contributed by atoms with E-state index >= 15 is 0 Å². The summed E-state index contributed by atoms with van der Waals surface area (Å²) in [4.78, 5) is 8.94. The molecular formula is C25H24N4O3. The molecule has 4 aromatic rings. The number of hydrogen-bond donors (Lipinski definition) is 2. The molecule has 4 rings (SSSR count). The van der Waals surface area contributed by atoms with Crippen LogP contribution in [0.2, 0.25) is 0 Å². The van der Waals surface area contributed by atoms with Gasteiger partial charge in [0.05, 0.1) is 0 Å². The van der Waals surface area contributed by atoms with Crippen molar-refractivity contribution in [3.63, 3.8) is 0 Å². The first kappa shape index (κ1) is 21.0. The number of rotatable bonds is 7. The Morgan fingerprint density at radius 1 is 0.688 bits per heavy atom. The van der Waals surface area contributed by atoms with Crippen LogP contribution < -0.4 is 11.5 Å². The molecular weight excluding hydrogens is 404 g/mol. The predicted molar refractivity (Wildman–Crippen MR) is 126 cm³/mol. The van der Waals surface area contributed by atoms with Crippen LogP contribution in [0, 0.1) is 0 Å². The second-order valence-electron chi connectivity index (χ2n) is 7.00. The highest BCUT2D eigenvalue weighted by molar-refractivity contribution is 5.98. The Balaban J connectivity index is 1.52. The number of hydrogen-bond acceptors (Lipinski definition) is 5. The van der Waals surface area contributed by atoms with Gasteiger partial charge in [0.15, 0.2) is 17.4 Å². The highest BCUT2D eigenvalue weighted by atomic mass is 16.6. The fourth-order valence-corrected chi connectivity index (χ4v) is 3.27. The Morgan fingerprint density at radius 3 is 1.56 bits per heavy atom. The van der Waals surface area contributed by atoms with Crippen molar-refractivity contribution in [2.24, 2.45) is 21.6 Å². The number of amidine groups is 2. The molecule has 0 bridgehead atoms. The van der Waals surface area contributed by atoms with Crippen molar-refractivity contribution in [3.8, 4) is 34.2 Å². The number of nitrogens with zero attached hydrogens (tertiary/aromatic N) is 2. The van der Waals surface area contributed by atoms with E-state index in [0.29, 0.717) is 29.7 Å². The summed E-state index contributed by atoms with van der Waals surface area (Å²) in [6, 6.07) is 23.0. The van der Waals surface area contributed by atoms with Gasteiger partial charge in [-0.3, -0.25) is 4.99 Å². The van der Waals surface area contributed by atoms with Gasteiger partial charge in [0.25, 0.3) is 0 Å². The van der Waals surface area contributed by atoms with Crippen molar-refractivity contribution in [2.75, 3.05) is 13.7 Å². The zero-order chi connectivity index (χ0) is 22.5. The van der Waals surface area contributed by atoms with E-state index in [1.165, 1.54) is 7.11 Å². The molecule has 4 N–H and O–H groups in total. The SMILES string of the molecule is CCN=C(N)c1ccc(-c2ccc(-c3ccc(-c4ccc(/C(N)=N/OC)cc4)o3)o2)cc1. The zero-order valence-corrected chi connectivity index (χ0v) is 17.9. The summed E-state index contributed by atoms with van der Waals surface area (Å²) in [5.41, 5.74) is 15.3. The molecule has 0 aliphatic carbocycles. The highest BCUT2D eigenvalue weighted by Gasteiger charge is 2.12. The topological polar surface area (TPSA) is 112 Å². The maximum atomic E-state index is 6.03. The van der Waals surface area contributed by atoms with Crippen LogP contribution in [0.25, 0.3) is 34.2 Å². The Hall–Kier alpha value is -4.26. The van der Waals surface area contributed by atoms with Crippen LogP contribution in [0.5, 0.6) is 0 Å². The zero-order valence-electron chi connectivity index (χ0n) is 17.9. The standard InChI is InChI=1S/C25H24N4O3/c1-3-28-24(26)18-8-4-16(5-9-18)20-12-14-22(31-20)23-15-13-21(32-23)17-6-10-19(11-7-17)25(27)29-30-2/h4-15H,3H2,1-2H3,(H2,26,28)(H2,27,29). The number of aliphatic imine (C=N–C) groups is 1. The summed E-state index contributed by atoms with van der Waals surface area (Å²) >= 11 is 0. The minimum atomic E-state index is 0.315. The van der Waals surface area contributed by atoms with Gasteiger partial charge in [-0.2, -0.15) is 0 Å². The largest absolute Gasteiger partial charge is 0.453 e. The number of benzene rings is 2. The second kappa shape index (κ2) is 9.26. The van der Waals surface area contributed by atoms with Crippen molar-refractivity contribution in [3.05, 3.63) is 83.9 Å². The van der Waals surface area contributed by atoms with Gasteiger partial charge in [-0.05, 0) is 31.2 Å². The highest BCUT2D eigenvalue weighted by Crippen LogP contribution is 2.32. The molecule has 2 heterocycles. The summed E-state index contributed by atoms with van der Waals surface area (Å²) in [5.74, 6) is 3.61. The quantitative estimate of drug-likeness (QED) is 0.248. The van der Waals surface area contributed by atoms with E-state index in [-0.39, 0.29) is 0 Å². The van der Waals surface area contributed by atoms with Gasteiger partial charge in [0.1, 0.15) is 24.5 Å². The molecule has 0 amide bonds. The number of nitrogens with two attached hydrogens (primary N) is 2. The molecule has 0 unspecified atom stereocenters. The van der Waals surface area contributed by atoms with Crippen LogP contribution in [-0.2, 0) is 4.84 Å². The van der Waals surface area contributed by atoms with E-state index in [1.54, 1.807) is 0 Å². The lowest BCUT2D eigenvalue weighted by atomic mass is 10.1. The van der Waals surface area contributed by atoms with Crippen molar-refractivity contribution >= 4 is 11.7 Å². The molecule has 2 aromatic carbocycles. The van der Waals surface area contributed by atoms with Crippen LogP contribution in [0.1, 0.15) is 18.1 Å². The van der Waals surface area contributed by atoms with E-state index in [2.05, 4.69) is 10.1 Å². The molecule has 162 valence electrons. The predicted octanol–water partition coefficient (Wildman–Crippen LogP) is 4.87. The first-order valence-electron chi connectivity index (χ1n) is 10.2. The second-order valence-corrected chi connectivity index (χ2v) is 7.00. The Labute approximate surface area is 186 Å². The molecule has 0 saturated carbocycles. The third kappa shape index (κ3) is 4.41. The molecule has 7 nitrogen and oxygen atoms in total. The van der Waals surface area contributed by atoms with Crippen molar-refractivity contribution in [2.45, 2.75) is 6.92 Å².